The van der Waals surface area contributed by atoms with Gasteiger partial charge in [-0.25, -0.2) is 0 Å². The molecule has 1 saturated heterocycles. The lowest BCUT2D eigenvalue weighted by Gasteiger charge is -2.43. The molecule has 2 aliphatic rings. The number of fused-ring (bicyclic) bond motifs is 1. The number of benzene rings is 4. The average Bonchev–Trinajstić information content (AvgIpc) is 3.17. The van der Waals surface area contributed by atoms with E-state index in [1.165, 1.54) is 18.1 Å². The molecule has 2 aliphatic heterocycles. The number of nitrogens with zero attached hydrogens (tertiary/aromatic N) is 1. The van der Waals surface area contributed by atoms with E-state index in [-0.39, 0.29) is 30.6 Å². The lowest BCUT2D eigenvalue weighted by molar-refractivity contribution is -0.276. The van der Waals surface area contributed by atoms with Gasteiger partial charge in [-0.2, -0.15) is 0 Å². The zero-order valence-corrected chi connectivity index (χ0v) is 30.5. The van der Waals surface area contributed by atoms with Crippen LogP contribution in [0.1, 0.15) is 66.5 Å². The van der Waals surface area contributed by atoms with Crippen molar-refractivity contribution in [1.29, 1.82) is 0 Å². The molecule has 52 heavy (non-hydrogen) atoms. The first kappa shape index (κ1) is 37.0. The number of methoxy groups -OCH3 is 2. The number of hydrogen-bond donors (Lipinski definition) is 2. The summed E-state index contributed by atoms with van der Waals surface area (Å²) in [7, 11) is 3.33. The molecule has 1 amide bonds. The summed E-state index contributed by atoms with van der Waals surface area (Å²) >= 11 is 0. The van der Waals surface area contributed by atoms with E-state index in [0.29, 0.717) is 6.54 Å². The van der Waals surface area contributed by atoms with Crippen LogP contribution in [0.5, 0.6) is 11.5 Å². The van der Waals surface area contributed by atoms with Crippen LogP contribution in [0.2, 0.25) is 0 Å². The minimum atomic E-state index is -0.866. The van der Waals surface area contributed by atoms with Gasteiger partial charge in [-0.15, -0.1) is 0 Å². The van der Waals surface area contributed by atoms with Crippen LogP contribution < -0.4 is 14.8 Å². The highest BCUT2D eigenvalue weighted by Crippen LogP contribution is 2.43. The summed E-state index contributed by atoms with van der Waals surface area (Å²) in [6, 6.07) is 28.3. The number of amides is 1. The molecule has 5 atom stereocenters. The summed E-state index contributed by atoms with van der Waals surface area (Å²) in [4.78, 5) is 26.1. The van der Waals surface area contributed by atoms with Crippen LogP contribution in [0.4, 0.5) is 0 Å². The smallest absolute Gasteiger partial charge is 0.303 e. The Morgan fingerprint density at radius 2 is 1.58 bits per heavy atom. The zero-order chi connectivity index (χ0) is 36.8. The number of ether oxygens (including phenoxy) is 5. The molecular weight excluding hydrogens is 660 g/mol. The predicted octanol–water partition coefficient (Wildman–Crippen LogP) is 6.28. The minimum Gasteiger partial charge on any atom is -0.493 e. The summed E-state index contributed by atoms with van der Waals surface area (Å²) in [5.74, 6) is 0.672. The molecule has 0 bridgehead atoms. The van der Waals surface area contributed by atoms with Crippen LogP contribution in [-0.4, -0.2) is 61.4 Å². The Morgan fingerprint density at radius 3 is 2.27 bits per heavy atom. The number of rotatable bonds is 12. The Bertz CT molecular complexity index is 1860. The van der Waals surface area contributed by atoms with E-state index in [4.69, 9.17) is 23.7 Å². The first-order valence-corrected chi connectivity index (χ1v) is 17.8. The topological polar surface area (TPSA) is 116 Å². The Morgan fingerprint density at radius 1 is 0.885 bits per heavy atom. The van der Waals surface area contributed by atoms with Gasteiger partial charge in [-0.3, -0.25) is 14.5 Å². The molecule has 10 nitrogen and oxygen atoms in total. The maximum atomic E-state index is 12.4. The SMILES string of the molecule is COc1cc2c(cc1OC)CN(C[C@H]1O[C@@H](c3cccc(-c4cccc(CNC(=O)[C@H](C)OC(C)=O)c4)c3)O[C@@H](c3ccc(CO)cc3)[C@H]1C)CC2. The summed E-state index contributed by atoms with van der Waals surface area (Å²) in [6.07, 6.45) is -0.945. The van der Waals surface area contributed by atoms with Gasteiger partial charge in [-0.1, -0.05) is 67.6 Å². The van der Waals surface area contributed by atoms with Crippen molar-refractivity contribution in [2.75, 3.05) is 27.3 Å². The summed E-state index contributed by atoms with van der Waals surface area (Å²) < 4.78 is 29.8. The largest absolute Gasteiger partial charge is 0.493 e. The predicted molar refractivity (Wildman–Crippen MR) is 196 cm³/mol. The van der Waals surface area contributed by atoms with E-state index in [2.05, 4.69) is 35.3 Å². The second kappa shape index (κ2) is 16.7. The molecule has 0 saturated carbocycles. The molecule has 10 heteroatoms. The monoisotopic (exact) mass is 708 g/mol. The standard InChI is InChI=1S/C42H48N2O8/c1-26-39(24-44-17-16-34-20-37(48-4)38(49-5)21-36(34)23-44)51-42(52-40(26)31-14-12-29(25-45)13-15-31)35-11-7-10-33(19-35)32-9-6-8-30(18-32)22-43-41(47)27(2)50-28(3)46/h6-15,18-21,26-27,39-40,42,45H,16-17,22-25H2,1-5H3,(H,43,47)/t26-,27-,39+,40+,42+/m0/s1. The van der Waals surface area contributed by atoms with E-state index in [1.54, 1.807) is 21.1 Å². The molecular formula is C42H48N2O8. The molecule has 0 unspecified atom stereocenters. The number of hydrogen-bond acceptors (Lipinski definition) is 9. The van der Waals surface area contributed by atoms with Crippen LogP contribution in [0.3, 0.4) is 0 Å². The molecule has 1 fully saturated rings. The lowest BCUT2D eigenvalue weighted by atomic mass is 9.89. The molecule has 0 aliphatic carbocycles. The van der Waals surface area contributed by atoms with Crippen molar-refractivity contribution < 1.29 is 38.4 Å². The van der Waals surface area contributed by atoms with Crippen molar-refractivity contribution in [1.82, 2.24) is 10.2 Å². The van der Waals surface area contributed by atoms with Gasteiger partial charge in [0.15, 0.2) is 23.9 Å². The normalized spacial score (nSPS) is 20.7. The van der Waals surface area contributed by atoms with Crippen molar-refractivity contribution in [2.24, 2.45) is 5.92 Å². The molecule has 0 aromatic heterocycles. The van der Waals surface area contributed by atoms with Crippen molar-refractivity contribution >= 4 is 11.9 Å². The van der Waals surface area contributed by atoms with E-state index in [9.17, 15) is 14.7 Å². The molecule has 274 valence electrons. The van der Waals surface area contributed by atoms with Gasteiger partial charge in [0.1, 0.15) is 0 Å². The Kier molecular flexibility index (Phi) is 11.9. The van der Waals surface area contributed by atoms with Gasteiger partial charge in [0, 0.05) is 44.6 Å². The fourth-order valence-corrected chi connectivity index (χ4v) is 7.04. The quantitative estimate of drug-likeness (QED) is 0.164. The third-order valence-corrected chi connectivity index (χ3v) is 9.96. The number of carbonyl (C=O) groups is 2. The highest BCUT2D eigenvalue weighted by Gasteiger charge is 2.39. The first-order chi connectivity index (χ1) is 25.1. The highest BCUT2D eigenvalue weighted by atomic mass is 16.7. The molecule has 0 spiro atoms. The molecule has 6 rings (SSSR count). The number of aliphatic hydroxyl groups is 1. The van der Waals surface area contributed by atoms with Gasteiger partial charge in [0.25, 0.3) is 5.91 Å². The molecule has 4 aromatic carbocycles. The minimum absolute atomic E-state index is 0.0173. The van der Waals surface area contributed by atoms with Crippen LogP contribution in [0, 0.1) is 5.92 Å². The van der Waals surface area contributed by atoms with Crippen LogP contribution in [0.25, 0.3) is 11.1 Å². The van der Waals surface area contributed by atoms with Gasteiger partial charge < -0.3 is 34.1 Å². The average molecular weight is 709 g/mol. The fraction of sp³-hybridized carbons (Fsp3) is 0.381. The summed E-state index contributed by atoms with van der Waals surface area (Å²) in [6.45, 7) is 7.69. The van der Waals surface area contributed by atoms with Gasteiger partial charge >= 0.3 is 5.97 Å². The van der Waals surface area contributed by atoms with Crippen molar-refractivity contribution in [2.45, 2.75) is 71.5 Å². The molecule has 4 aromatic rings. The number of carbonyl (C=O) groups excluding carboxylic acids is 2. The van der Waals surface area contributed by atoms with Gasteiger partial charge in [0.2, 0.25) is 0 Å². The number of aliphatic hydroxyl groups excluding tert-OH is 1. The highest BCUT2D eigenvalue weighted by molar-refractivity contribution is 5.82. The Hall–Kier alpha value is -4.74. The molecule has 0 radical (unpaired) electrons. The van der Waals surface area contributed by atoms with E-state index in [0.717, 1.165) is 70.9 Å². The fourth-order valence-electron chi connectivity index (χ4n) is 7.04. The Labute approximate surface area is 305 Å². The lowest BCUT2D eigenvalue weighted by Crippen LogP contribution is -2.45. The molecule has 2 N–H and O–H groups in total. The maximum absolute atomic E-state index is 12.4. The van der Waals surface area contributed by atoms with Gasteiger partial charge in [-0.05, 0) is 76.6 Å². The van der Waals surface area contributed by atoms with Crippen LogP contribution in [0.15, 0.2) is 84.9 Å². The van der Waals surface area contributed by atoms with E-state index in [1.807, 2.05) is 66.7 Å². The van der Waals surface area contributed by atoms with Gasteiger partial charge in [0.05, 0.1) is 33.0 Å². The van der Waals surface area contributed by atoms with Crippen molar-refractivity contribution in [3.05, 3.63) is 118 Å². The second-order valence-corrected chi connectivity index (χ2v) is 13.6. The van der Waals surface area contributed by atoms with E-state index < -0.39 is 18.4 Å². The van der Waals surface area contributed by atoms with Crippen LogP contribution >= 0.6 is 0 Å². The second-order valence-electron chi connectivity index (χ2n) is 13.6. The first-order valence-electron chi connectivity index (χ1n) is 17.8. The summed E-state index contributed by atoms with van der Waals surface area (Å²) in [5.41, 5.74) is 8.18. The molecule has 2 heterocycles. The third-order valence-electron chi connectivity index (χ3n) is 9.96. The van der Waals surface area contributed by atoms with Crippen molar-refractivity contribution in [3.8, 4) is 22.6 Å². The van der Waals surface area contributed by atoms with Crippen molar-refractivity contribution in [3.63, 3.8) is 0 Å². The third kappa shape index (κ3) is 8.65. The zero-order valence-electron chi connectivity index (χ0n) is 30.5. The number of nitrogens with one attached hydrogen (secondary N) is 1. The maximum Gasteiger partial charge on any atom is 0.303 e. The Balaban J connectivity index is 1.23. The van der Waals surface area contributed by atoms with Crippen LogP contribution in [-0.2, 0) is 49.9 Å². The summed E-state index contributed by atoms with van der Waals surface area (Å²) in [5, 5.41) is 12.5. The number of esters is 1. The van der Waals surface area contributed by atoms with E-state index >= 15 is 0 Å².